The second kappa shape index (κ2) is 12.0. The van der Waals surface area contributed by atoms with Gasteiger partial charge in [0.1, 0.15) is 9.33 Å². The number of carbonyl (C=O) groups excluding carboxylic acids is 2. The Balaban J connectivity index is 1.64. The van der Waals surface area contributed by atoms with Crippen LogP contribution in [0.5, 0.6) is 0 Å². The fourth-order valence-electron chi connectivity index (χ4n) is 3.47. The lowest BCUT2D eigenvalue weighted by molar-refractivity contribution is -0.123. The molecule has 2 aliphatic heterocycles. The number of morpholine rings is 1. The Bertz CT molecular complexity index is 1210. The molecule has 7 nitrogen and oxygen atoms in total. The maximum atomic E-state index is 12.9. The third-order valence-corrected chi connectivity index (χ3v) is 8.29. The Morgan fingerprint density at radius 3 is 2.80 bits per heavy atom. The number of thiazole rings is 1. The van der Waals surface area contributed by atoms with Gasteiger partial charge >= 0.3 is 0 Å². The van der Waals surface area contributed by atoms with Crippen LogP contribution in [0.4, 0.5) is 0 Å². The summed E-state index contributed by atoms with van der Waals surface area (Å²) in [6, 6.07) is 5.23. The van der Waals surface area contributed by atoms with Gasteiger partial charge < -0.3 is 10.5 Å². The lowest BCUT2D eigenvalue weighted by Crippen LogP contribution is -2.36. The monoisotopic (exact) mass is 568 g/mol. The molecule has 35 heavy (non-hydrogen) atoms. The van der Waals surface area contributed by atoms with Gasteiger partial charge in [-0.05, 0) is 30.4 Å². The van der Waals surface area contributed by atoms with Gasteiger partial charge in [0.05, 0.1) is 33.7 Å². The van der Waals surface area contributed by atoms with E-state index in [1.54, 1.807) is 24.3 Å². The molecule has 2 aliphatic rings. The SMILES string of the molecule is NC(=O)CCN1C(=O)/C(=C/c2sc(-c3cc(Cl)ccc3Cl)nc2/C=C/CN2CCOCC2)SC1=S. The molecular formula is C23H22Cl2N4O3S3. The van der Waals surface area contributed by atoms with E-state index in [2.05, 4.69) is 11.0 Å². The average Bonchev–Trinajstić information content (AvgIpc) is 3.34. The Morgan fingerprint density at radius 1 is 1.29 bits per heavy atom. The van der Waals surface area contributed by atoms with E-state index in [1.165, 1.54) is 28.0 Å². The van der Waals surface area contributed by atoms with Crippen molar-refractivity contribution in [3.8, 4) is 10.6 Å². The summed E-state index contributed by atoms with van der Waals surface area (Å²) in [4.78, 5) is 33.9. The molecule has 0 spiro atoms. The Morgan fingerprint density at radius 2 is 2.06 bits per heavy atom. The van der Waals surface area contributed by atoms with Gasteiger partial charge in [-0.2, -0.15) is 0 Å². The molecule has 2 N–H and O–H groups in total. The minimum absolute atomic E-state index is 0.0488. The molecule has 184 valence electrons. The normalized spacial score (nSPS) is 18.3. The number of nitrogens with two attached hydrogens (primary N) is 1. The molecule has 0 bridgehead atoms. The van der Waals surface area contributed by atoms with Gasteiger partial charge in [0.15, 0.2) is 0 Å². The summed E-state index contributed by atoms with van der Waals surface area (Å²) in [6.45, 7) is 4.14. The van der Waals surface area contributed by atoms with Gasteiger partial charge in [0.25, 0.3) is 5.91 Å². The van der Waals surface area contributed by atoms with Crippen molar-refractivity contribution >= 4 is 86.8 Å². The van der Waals surface area contributed by atoms with Crippen molar-refractivity contribution < 1.29 is 14.3 Å². The zero-order valence-electron chi connectivity index (χ0n) is 18.5. The lowest BCUT2D eigenvalue weighted by atomic mass is 10.2. The highest BCUT2D eigenvalue weighted by atomic mass is 35.5. The first-order valence-corrected chi connectivity index (χ1v) is 13.6. The molecule has 0 atom stereocenters. The molecular weight excluding hydrogens is 547 g/mol. The summed E-state index contributed by atoms with van der Waals surface area (Å²) in [5.74, 6) is -0.735. The molecule has 4 rings (SSSR count). The molecule has 0 unspecified atom stereocenters. The highest BCUT2D eigenvalue weighted by molar-refractivity contribution is 8.26. The Hall–Kier alpha value is -1.79. The zero-order chi connectivity index (χ0) is 24.9. The quantitative estimate of drug-likeness (QED) is 0.369. The second-order valence-corrected chi connectivity index (χ2v) is 11.3. The van der Waals surface area contributed by atoms with Gasteiger partial charge in [-0.3, -0.25) is 19.4 Å². The van der Waals surface area contributed by atoms with Crippen molar-refractivity contribution in [1.29, 1.82) is 0 Å². The van der Waals surface area contributed by atoms with Gasteiger partial charge in [-0.1, -0.05) is 53.3 Å². The molecule has 1 aromatic heterocycles. The second-order valence-electron chi connectivity index (χ2n) is 7.76. The zero-order valence-corrected chi connectivity index (χ0v) is 22.5. The van der Waals surface area contributed by atoms with E-state index in [0.29, 0.717) is 24.3 Å². The highest BCUT2D eigenvalue weighted by Crippen LogP contribution is 2.39. The van der Waals surface area contributed by atoms with Crippen LogP contribution in [0.25, 0.3) is 22.7 Å². The number of thioether (sulfide) groups is 1. The number of rotatable bonds is 8. The number of primary amides is 1. The maximum absolute atomic E-state index is 12.9. The number of aromatic nitrogens is 1. The average molecular weight is 570 g/mol. The van der Waals surface area contributed by atoms with Gasteiger partial charge in [0, 0.05) is 43.2 Å². The smallest absolute Gasteiger partial charge is 0.266 e. The molecule has 0 radical (unpaired) electrons. The van der Waals surface area contributed by atoms with E-state index >= 15 is 0 Å². The molecule has 1 aromatic carbocycles. The fourth-order valence-corrected chi connectivity index (χ4v) is 6.30. The van der Waals surface area contributed by atoms with Crippen LogP contribution in [-0.2, 0) is 14.3 Å². The first-order valence-electron chi connectivity index (χ1n) is 10.8. The van der Waals surface area contributed by atoms with Crippen LogP contribution in [0.15, 0.2) is 29.2 Å². The number of thiocarbonyl (C=S) groups is 1. The van der Waals surface area contributed by atoms with Crippen LogP contribution in [0.2, 0.25) is 10.0 Å². The Kier molecular flexibility index (Phi) is 8.98. The molecule has 12 heteroatoms. The molecule has 2 saturated heterocycles. The largest absolute Gasteiger partial charge is 0.379 e. The summed E-state index contributed by atoms with van der Waals surface area (Å²) in [5, 5.41) is 1.79. The minimum atomic E-state index is -0.485. The maximum Gasteiger partial charge on any atom is 0.266 e. The van der Waals surface area contributed by atoms with Gasteiger partial charge in [-0.15, -0.1) is 11.3 Å². The first-order chi connectivity index (χ1) is 16.8. The van der Waals surface area contributed by atoms with Crippen molar-refractivity contribution in [3.63, 3.8) is 0 Å². The highest BCUT2D eigenvalue weighted by Gasteiger charge is 2.32. The summed E-state index contributed by atoms with van der Waals surface area (Å²) < 4.78 is 5.80. The topological polar surface area (TPSA) is 88.8 Å². The third kappa shape index (κ3) is 6.71. The minimum Gasteiger partial charge on any atom is -0.379 e. The number of nitrogens with zero attached hydrogens (tertiary/aromatic N) is 3. The van der Waals surface area contributed by atoms with Crippen molar-refractivity contribution in [1.82, 2.24) is 14.8 Å². The molecule has 0 saturated carbocycles. The standard InChI is InChI=1S/C23H22Cl2N4O3S3/c24-14-3-4-16(25)15(12-14)21-27-17(2-1-6-28-8-10-32-11-9-28)18(34-21)13-19-22(31)29(23(33)35-19)7-5-20(26)30/h1-4,12-13H,5-11H2,(H2,26,30)/b2-1+,19-13-. The predicted octanol–water partition coefficient (Wildman–Crippen LogP) is 4.54. The van der Waals surface area contributed by atoms with Crippen molar-refractivity contribution in [2.24, 2.45) is 5.73 Å². The van der Waals surface area contributed by atoms with Crippen molar-refractivity contribution in [2.45, 2.75) is 6.42 Å². The van der Waals surface area contributed by atoms with Gasteiger partial charge in [0.2, 0.25) is 5.91 Å². The summed E-state index contributed by atoms with van der Waals surface area (Å²) in [5.41, 5.74) is 6.68. The molecule has 2 fully saturated rings. The van der Waals surface area contributed by atoms with E-state index in [-0.39, 0.29) is 18.9 Å². The summed E-state index contributed by atoms with van der Waals surface area (Å²) in [6.07, 6.45) is 5.84. The molecule has 0 aliphatic carbocycles. The number of benzene rings is 1. The van der Waals surface area contributed by atoms with Crippen LogP contribution in [-0.4, -0.2) is 70.3 Å². The summed E-state index contributed by atoms with van der Waals surface area (Å²) in [7, 11) is 0. The van der Waals surface area contributed by atoms with Crippen LogP contribution in [0.1, 0.15) is 17.0 Å². The summed E-state index contributed by atoms with van der Waals surface area (Å²) >= 11 is 20.6. The van der Waals surface area contributed by atoms with E-state index in [4.69, 9.17) is 50.9 Å². The van der Waals surface area contributed by atoms with Crippen molar-refractivity contribution in [2.75, 3.05) is 39.4 Å². The molecule has 2 amide bonds. The number of amides is 2. The molecule has 3 heterocycles. The first kappa shape index (κ1) is 26.3. The van der Waals surface area contributed by atoms with Crippen LogP contribution < -0.4 is 5.73 Å². The van der Waals surface area contributed by atoms with Crippen LogP contribution >= 0.6 is 58.5 Å². The van der Waals surface area contributed by atoms with Gasteiger partial charge in [-0.25, -0.2) is 4.98 Å². The van der Waals surface area contributed by atoms with E-state index in [9.17, 15) is 9.59 Å². The predicted molar refractivity (Wildman–Crippen MR) is 148 cm³/mol. The van der Waals surface area contributed by atoms with E-state index < -0.39 is 5.91 Å². The number of hydrogen-bond donors (Lipinski definition) is 1. The third-order valence-electron chi connectivity index (χ3n) is 5.30. The number of ether oxygens (including phenoxy) is 1. The fraction of sp³-hybridized carbons (Fsp3) is 0.304. The lowest BCUT2D eigenvalue weighted by Gasteiger charge is -2.25. The Labute approximate surface area is 226 Å². The van der Waals surface area contributed by atoms with Crippen LogP contribution in [0.3, 0.4) is 0 Å². The van der Waals surface area contributed by atoms with E-state index in [1.807, 2.05) is 6.08 Å². The molecule has 2 aromatic rings. The van der Waals surface area contributed by atoms with Crippen molar-refractivity contribution in [3.05, 3.63) is 49.8 Å². The number of carbonyl (C=O) groups is 2. The number of halogens is 2. The van der Waals surface area contributed by atoms with Crippen LogP contribution in [0, 0.1) is 0 Å². The van der Waals surface area contributed by atoms with E-state index in [0.717, 1.165) is 49.0 Å². The number of hydrogen-bond acceptors (Lipinski definition) is 8.